The summed E-state index contributed by atoms with van der Waals surface area (Å²) in [6, 6.07) is 2.35. The van der Waals surface area contributed by atoms with Crippen LogP contribution < -0.4 is 4.90 Å². The summed E-state index contributed by atoms with van der Waals surface area (Å²) in [6.45, 7) is 2.54. The highest BCUT2D eigenvalue weighted by molar-refractivity contribution is 5.37. The van der Waals surface area contributed by atoms with Crippen LogP contribution in [0, 0.1) is 17.2 Å². The summed E-state index contributed by atoms with van der Waals surface area (Å²) in [5.41, 5.74) is 1.01. The van der Waals surface area contributed by atoms with Gasteiger partial charge < -0.3 is 9.64 Å². The van der Waals surface area contributed by atoms with Crippen LogP contribution in [-0.2, 0) is 11.2 Å². The molecule has 2 heterocycles. The summed E-state index contributed by atoms with van der Waals surface area (Å²) >= 11 is 0. The van der Waals surface area contributed by atoms with Crippen LogP contribution in [0.2, 0.25) is 0 Å². The van der Waals surface area contributed by atoms with Crippen molar-refractivity contribution in [3.63, 3.8) is 0 Å². The lowest BCUT2D eigenvalue weighted by Gasteiger charge is -2.29. The number of methoxy groups -OCH3 is 1. The average Bonchev–Trinajstić information content (AvgIpc) is 2.48. The second-order valence-corrected chi connectivity index (χ2v) is 4.86. The topological polar surface area (TPSA) is 62.0 Å². The molecule has 0 amide bonds. The molecule has 1 aliphatic rings. The van der Waals surface area contributed by atoms with Crippen molar-refractivity contribution < 1.29 is 4.74 Å². The first-order valence-corrected chi connectivity index (χ1v) is 6.78. The third kappa shape index (κ3) is 3.90. The number of ether oxygens (including phenoxy) is 1. The fourth-order valence-electron chi connectivity index (χ4n) is 2.30. The molecule has 1 saturated heterocycles. The highest BCUT2D eigenvalue weighted by Crippen LogP contribution is 2.20. The second kappa shape index (κ2) is 7.05. The third-order valence-corrected chi connectivity index (χ3v) is 3.45. The molecule has 5 heteroatoms. The zero-order chi connectivity index (χ0) is 13.5. The van der Waals surface area contributed by atoms with Gasteiger partial charge in [0.05, 0.1) is 18.0 Å². The first-order chi connectivity index (χ1) is 9.33. The number of hydrogen-bond donors (Lipinski definition) is 0. The lowest BCUT2D eigenvalue weighted by atomic mass is 9.99. The van der Waals surface area contributed by atoms with Crippen molar-refractivity contribution in [1.82, 2.24) is 9.97 Å². The predicted octanol–water partition coefficient (Wildman–Crippen LogP) is 1.80. The molecule has 0 aromatic carbocycles. The van der Waals surface area contributed by atoms with E-state index in [1.807, 2.05) is 12.4 Å². The van der Waals surface area contributed by atoms with Gasteiger partial charge >= 0.3 is 0 Å². The molecule has 1 aromatic heterocycles. The molecule has 0 bridgehead atoms. The molecule has 0 N–H and O–H groups in total. The summed E-state index contributed by atoms with van der Waals surface area (Å²) in [7, 11) is 1.71. The van der Waals surface area contributed by atoms with Crippen LogP contribution in [0.15, 0.2) is 12.4 Å². The summed E-state index contributed by atoms with van der Waals surface area (Å²) in [5.74, 6) is 1.14. The van der Waals surface area contributed by atoms with Crippen molar-refractivity contribution in [3.8, 4) is 6.07 Å². The van der Waals surface area contributed by atoms with Gasteiger partial charge in [-0.2, -0.15) is 5.26 Å². The summed E-state index contributed by atoms with van der Waals surface area (Å²) in [4.78, 5) is 11.1. The number of hydrogen-bond acceptors (Lipinski definition) is 5. The van der Waals surface area contributed by atoms with Gasteiger partial charge in [0.15, 0.2) is 0 Å². The van der Waals surface area contributed by atoms with Crippen molar-refractivity contribution in [2.75, 3.05) is 31.7 Å². The van der Waals surface area contributed by atoms with E-state index in [1.165, 1.54) is 0 Å². The largest absolute Gasteiger partial charge is 0.385 e. The first-order valence-electron chi connectivity index (χ1n) is 6.78. The number of aryl methyl sites for hydroxylation is 1. The van der Waals surface area contributed by atoms with E-state index in [1.54, 1.807) is 7.11 Å². The summed E-state index contributed by atoms with van der Waals surface area (Å²) < 4.78 is 5.05. The Hall–Kier alpha value is -1.67. The molecule has 1 fully saturated rings. The van der Waals surface area contributed by atoms with Crippen LogP contribution >= 0.6 is 0 Å². The van der Waals surface area contributed by atoms with Crippen LogP contribution in [-0.4, -0.2) is 36.8 Å². The normalized spacial score (nSPS) is 16.3. The van der Waals surface area contributed by atoms with Gasteiger partial charge in [-0.05, 0) is 25.7 Å². The minimum atomic E-state index is 0.203. The molecule has 1 aliphatic heterocycles. The van der Waals surface area contributed by atoms with Crippen molar-refractivity contribution in [1.29, 1.82) is 5.26 Å². The Morgan fingerprint density at radius 3 is 2.89 bits per heavy atom. The van der Waals surface area contributed by atoms with Gasteiger partial charge in [-0.15, -0.1) is 0 Å². The fraction of sp³-hybridized carbons (Fsp3) is 0.643. The minimum absolute atomic E-state index is 0.203. The minimum Gasteiger partial charge on any atom is -0.385 e. The van der Waals surface area contributed by atoms with Gasteiger partial charge in [0.25, 0.3) is 0 Å². The maximum absolute atomic E-state index is 8.90. The van der Waals surface area contributed by atoms with Gasteiger partial charge in [-0.25, -0.2) is 4.98 Å². The van der Waals surface area contributed by atoms with Gasteiger partial charge in [0, 0.05) is 38.9 Å². The Morgan fingerprint density at radius 1 is 1.42 bits per heavy atom. The molecule has 0 aliphatic carbocycles. The van der Waals surface area contributed by atoms with Crippen LogP contribution in [0.5, 0.6) is 0 Å². The molecule has 0 unspecified atom stereocenters. The standard InChI is InChI=1S/C14H20N4O/c1-19-8-2-3-13-10-16-11-14(17-13)18-6-4-12(9-15)5-7-18/h10-12H,2-8H2,1H3. The van der Waals surface area contributed by atoms with E-state index in [0.29, 0.717) is 0 Å². The molecule has 5 nitrogen and oxygen atoms in total. The number of aromatic nitrogens is 2. The summed E-state index contributed by atoms with van der Waals surface area (Å²) in [6.07, 6.45) is 7.33. The Labute approximate surface area is 114 Å². The van der Waals surface area contributed by atoms with Crippen LogP contribution in [0.4, 0.5) is 5.82 Å². The Balaban J connectivity index is 1.93. The first kappa shape index (κ1) is 13.8. The molecule has 0 atom stereocenters. The molecule has 0 saturated carbocycles. The van der Waals surface area contributed by atoms with Crippen LogP contribution in [0.1, 0.15) is 25.0 Å². The Bertz CT molecular complexity index is 435. The van der Waals surface area contributed by atoms with Crippen LogP contribution in [0.25, 0.3) is 0 Å². The van der Waals surface area contributed by atoms with E-state index in [0.717, 1.165) is 56.9 Å². The fourth-order valence-corrected chi connectivity index (χ4v) is 2.30. The molecule has 1 aromatic rings. The number of rotatable bonds is 5. The molecule has 0 radical (unpaired) electrons. The summed E-state index contributed by atoms with van der Waals surface area (Å²) in [5, 5.41) is 8.90. The zero-order valence-corrected chi connectivity index (χ0v) is 11.4. The lowest BCUT2D eigenvalue weighted by molar-refractivity contribution is 0.195. The Kier molecular flexibility index (Phi) is 5.10. The van der Waals surface area contributed by atoms with Gasteiger partial charge in [0.2, 0.25) is 0 Å². The molecule has 102 valence electrons. The smallest absolute Gasteiger partial charge is 0.147 e. The van der Waals surface area contributed by atoms with E-state index in [4.69, 9.17) is 10.00 Å². The monoisotopic (exact) mass is 260 g/mol. The highest BCUT2D eigenvalue weighted by Gasteiger charge is 2.19. The maximum Gasteiger partial charge on any atom is 0.147 e. The lowest BCUT2D eigenvalue weighted by Crippen LogP contribution is -2.34. The van der Waals surface area contributed by atoms with Gasteiger partial charge in [0.1, 0.15) is 5.82 Å². The van der Waals surface area contributed by atoms with Crippen molar-refractivity contribution in [2.45, 2.75) is 25.7 Å². The van der Waals surface area contributed by atoms with E-state index >= 15 is 0 Å². The molecule has 19 heavy (non-hydrogen) atoms. The number of anilines is 1. The van der Waals surface area contributed by atoms with Crippen molar-refractivity contribution >= 4 is 5.82 Å². The van der Waals surface area contributed by atoms with Crippen LogP contribution in [0.3, 0.4) is 0 Å². The SMILES string of the molecule is COCCCc1cncc(N2CCC(C#N)CC2)n1. The predicted molar refractivity (Wildman–Crippen MR) is 72.8 cm³/mol. The van der Waals surface area contributed by atoms with Crippen molar-refractivity contribution in [3.05, 3.63) is 18.1 Å². The average molecular weight is 260 g/mol. The molecule has 2 rings (SSSR count). The number of nitriles is 1. The Morgan fingerprint density at radius 2 is 2.21 bits per heavy atom. The van der Waals surface area contributed by atoms with E-state index in [2.05, 4.69) is 20.9 Å². The zero-order valence-electron chi connectivity index (χ0n) is 11.4. The third-order valence-electron chi connectivity index (χ3n) is 3.45. The number of piperidine rings is 1. The molecule has 0 spiro atoms. The van der Waals surface area contributed by atoms with E-state index in [9.17, 15) is 0 Å². The maximum atomic E-state index is 8.90. The van der Waals surface area contributed by atoms with E-state index in [-0.39, 0.29) is 5.92 Å². The van der Waals surface area contributed by atoms with Gasteiger partial charge in [-0.1, -0.05) is 0 Å². The molecular weight excluding hydrogens is 240 g/mol. The van der Waals surface area contributed by atoms with Gasteiger partial charge in [-0.3, -0.25) is 4.98 Å². The molecular formula is C14H20N4O. The highest BCUT2D eigenvalue weighted by atomic mass is 16.5. The quantitative estimate of drug-likeness (QED) is 0.755. The van der Waals surface area contributed by atoms with Crippen molar-refractivity contribution in [2.24, 2.45) is 5.92 Å². The number of nitrogens with zero attached hydrogens (tertiary/aromatic N) is 4. The second-order valence-electron chi connectivity index (χ2n) is 4.86. The van der Waals surface area contributed by atoms with E-state index < -0.39 is 0 Å².